The first kappa shape index (κ1) is 64.4. The summed E-state index contributed by atoms with van der Waals surface area (Å²) in [6.07, 6.45) is 57.7. The number of nitrogens with one attached hydrogen (secondary N) is 1. The smallest absolute Gasteiger partial charge is 0.220 e. The molecule has 0 spiro atoms. The van der Waals surface area contributed by atoms with Crippen molar-refractivity contribution in [3.63, 3.8) is 0 Å². The maximum absolute atomic E-state index is 12.8. The fraction of sp³-hybridized carbons (Fsp3) is 0.881. The third-order valence-electron chi connectivity index (χ3n) is 14.0. The first-order valence-electron chi connectivity index (χ1n) is 29.2. The third kappa shape index (κ3) is 38.1. The van der Waals surface area contributed by atoms with Crippen molar-refractivity contribution in [2.24, 2.45) is 0 Å². The molecule has 0 aromatic heterocycles. The largest absolute Gasteiger partial charge is 0.394 e. The molecule has 1 rings (SSSR count). The monoisotopic (exact) mass is 962 g/mol. The Labute approximate surface area is 419 Å². The molecule has 6 N–H and O–H groups in total. The van der Waals surface area contributed by atoms with E-state index in [1.165, 1.54) is 212 Å². The third-order valence-corrected chi connectivity index (χ3v) is 14.0. The van der Waals surface area contributed by atoms with Gasteiger partial charge in [0, 0.05) is 6.42 Å². The molecule has 0 bridgehead atoms. The second-order valence-corrected chi connectivity index (χ2v) is 20.4. The summed E-state index contributed by atoms with van der Waals surface area (Å²) in [6.45, 7) is 3.62. The van der Waals surface area contributed by atoms with Crippen LogP contribution in [-0.4, -0.2) is 87.5 Å². The van der Waals surface area contributed by atoms with Gasteiger partial charge in [0.25, 0.3) is 0 Å². The Morgan fingerprint density at radius 1 is 0.500 bits per heavy atom. The highest BCUT2D eigenvalue weighted by Crippen LogP contribution is 2.23. The van der Waals surface area contributed by atoms with E-state index < -0.39 is 49.5 Å². The summed E-state index contributed by atoms with van der Waals surface area (Å²) in [6, 6.07) is -0.798. The summed E-state index contributed by atoms with van der Waals surface area (Å²) < 4.78 is 11.1. The quantitative estimate of drug-likeness (QED) is 0.0261. The summed E-state index contributed by atoms with van der Waals surface area (Å²) in [4.78, 5) is 12.8. The number of rotatable bonds is 50. The molecule has 1 heterocycles. The summed E-state index contributed by atoms with van der Waals surface area (Å²) in [5, 5.41) is 53.7. The molecule has 9 nitrogen and oxygen atoms in total. The lowest BCUT2D eigenvalue weighted by Gasteiger charge is -2.40. The van der Waals surface area contributed by atoms with Gasteiger partial charge in [-0.1, -0.05) is 262 Å². The first-order valence-corrected chi connectivity index (χ1v) is 29.2. The van der Waals surface area contributed by atoms with E-state index in [9.17, 15) is 30.3 Å². The van der Waals surface area contributed by atoms with E-state index in [4.69, 9.17) is 9.47 Å². The first-order chi connectivity index (χ1) is 33.3. The average molecular weight is 963 g/mol. The lowest BCUT2D eigenvalue weighted by atomic mass is 9.99. The number of aliphatic hydroxyl groups is 5. The van der Waals surface area contributed by atoms with Crippen LogP contribution in [0.15, 0.2) is 36.5 Å². The van der Waals surface area contributed by atoms with Crippen LogP contribution in [0.2, 0.25) is 0 Å². The normalized spacial score (nSPS) is 19.8. The fourth-order valence-electron chi connectivity index (χ4n) is 9.29. The zero-order valence-corrected chi connectivity index (χ0v) is 44.4. The van der Waals surface area contributed by atoms with Gasteiger partial charge >= 0.3 is 0 Å². The van der Waals surface area contributed by atoms with Gasteiger partial charge in [-0.3, -0.25) is 4.79 Å². The van der Waals surface area contributed by atoms with E-state index in [1.54, 1.807) is 6.08 Å². The number of unbranched alkanes of at least 4 members (excludes halogenated alkanes) is 36. The molecule has 68 heavy (non-hydrogen) atoms. The highest BCUT2D eigenvalue weighted by atomic mass is 16.7. The van der Waals surface area contributed by atoms with Crippen LogP contribution in [0, 0.1) is 0 Å². The fourth-order valence-corrected chi connectivity index (χ4v) is 9.29. The van der Waals surface area contributed by atoms with Gasteiger partial charge in [0.15, 0.2) is 6.29 Å². The van der Waals surface area contributed by atoms with E-state index >= 15 is 0 Å². The predicted octanol–water partition coefficient (Wildman–Crippen LogP) is 14.4. The average Bonchev–Trinajstić information content (AvgIpc) is 3.34. The van der Waals surface area contributed by atoms with Crippen LogP contribution in [0.3, 0.4) is 0 Å². The highest BCUT2D eigenvalue weighted by molar-refractivity contribution is 5.76. The number of carbonyl (C=O) groups is 1. The standard InChI is InChI=1S/C59H111NO8/c1-3-5-7-9-10-11-12-13-14-15-16-17-18-19-20-21-22-23-24-25-26-27-28-29-30-31-32-33-34-35-36-37-38-39-40-41-42-43-44-45-47-49-55(63)60-52(53(62)48-46-8-6-4-2)51-67-59-58(66)57(65)56(64)54(50-61)68-59/h12-13,15-16,46,48,52-54,56-59,61-62,64-66H,3-11,14,17-45,47,49-51H2,1-2H3,(H,60,63)/b13-12-,16-15-,48-46+. The molecule has 1 amide bonds. The Morgan fingerprint density at radius 2 is 0.882 bits per heavy atom. The minimum absolute atomic E-state index is 0.182. The molecule has 400 valence electrons. The number of amides is 1. The van der Waals surface area contributed by atoms with E-state index in [1.807, 2.05) is 6.08 Å². The summed E-state index contributed by atoms with van der Waals surface area (Å²) >= 11 is 0. The van der Waals surface area contributed by atoms with Gasteiger partial charge < -0.3 is 40.3 Å². The second kappa shape index (κ2) is 49.0. The van der Waals surface area contributed by atoms with Gasteiger partial charge in [0.2, 0.25) is 5.91 Å². The molecule has 0 aromatic carbocycles. The maximum Gasteiger partial charge on any atom is 0.220 e. The second-order valence-electron chi connectivity index (χ2n) is 20.4. The van der Waals surface area contributed by atoms with Crippen LogP contribution in [0.5, 0.6) is 0 Å². The Morgan fingerprint density at radius 3 is 1.29 bits per heavy atom. The topological polar surface area (TPSA) is 149 Å². The van der Waals surface area contributed by atoms with Crippen molar-refractivity contribution in [2.75, 3.05) is 13.2 Å². The molecular formula is C59H111NO8. The number of ether oxygens (including phenoxy) is 2. The molecule has 0 saturated carbocycles. The van der Waals surface area contributed by atoms with E-state index in [0.29, 0.717) is 6.42 Å². The van der Waals surface area contributed by atoms with Gasteiger partial charge in [-0.2, -0.15) is 0 Å². The van der Waals surface area contributed by atoms with Crippen LogP contribution < -0.4 is 5.32 Å². The van der Waals surface area contributed by atoms with Crippen LogP contribution in [0.25, 0.3) is 0 Å². The molecule has 1 fully saturated rings. The summed E-state index contributed by atoms with van der Waals surface area (Å²) in [5.74, 6) is -0.182. The lowest BCUT2D eigenvalue weighted by Crippen LogP contribution is -2.60. The van der Waals surface area contributed by atoms with Gasteiger partial charge in [-0.05, 0) is 44.9 Å². The van der Waals surface area contributed by atoms with Crippen LogP contribution in [0.1, 0.15) is 277 Å². The SMILES string of the molecule is CCCC/C=C/C(O)C(COC1OC(CO)C(O)C(O)C1O)NC(=O)CCCCCCCCCCCCCCCCCCCCCCCCCCCCCCC/C=C\C/C=C\CCCCCCC. The van der Waals surface area contributed by atoms with Crippen molar-refractivity contribution >= 4 is 5.91 Å². The minimum Gasteiger partial charge on any atom is -0.394 e. The van der Waals surface area contributed by atoms with E-state index in [0.717, 1.165) is 44.9 Å². The van der Waals surface area contributed by atoms with Crippen LogP contribution >= 0.6 is 0 Å². The zero-order chi connectivity index (χ0) is 49.4. The molecule has 1 saturated heterocycles. The zero-order valence-electron chi connectivity index (χ0n) is 44.4. The molecule has 9 heteroatoms. The van der Waals surface area contributed by atoms with Gasteiger partial charge in [0.1, 0.15) is 24.4 Å². The Bertz CT molecular complexity index is 1160. The highest BCUT2D eigenvalue weighted by Gasteiger charge is 2.44. The van der Waals surface area contributed by atoms with Crippen molar-refractivity contribution in [1.82, 2.24) is 5.32 Å². The Hall–Kier alpha value is -1.59. The molecule has 0 aromatic rings. The van der Waals surface area contributed by atoms with Crippen molar-refractivity contribution in [3.05, 3.63) is 36.5 Å². The number of hydrogen-bond acceptors (Lipinski definition) is 8. The van der Waals surface area contributed by atoms with Crippen molar-refractivity contribution in [3.8, 4) is 0 Å². The molecule has 7 atom stereocenters. The molecule has 0 aliphatic carbocycles. The van der Waals surface area contributed by atoms with Gasteiger partial charge in [-0.15, -0.1) is 0 Å². The van der Waals surface area contributed by atoms with Crippen LogP contribution in [-0.2, 0) is 14.3 Å². The molecular weight excluding hydrogens is 851 g/mol. The molecule has 7 unspecified atom stereocenters. The summed E-state index contributed by atoms with van der Waals surface area (Å²) in [5.41, 5.74) is 0. The van der Waals surface area contributed by atoms with Crippen molar-refractivity contribution in [1.29, 1.82) is 0 Å². The number of aliphatic hydroxyl groups excluding tert-OH is 5. The molecule has 1 aliphatic rings. The Kier molecular flexibility index (Phi) is 46.4. The molecule has 0 radical (unpaired) electrons. The van der Waals surface area contributed by atoms with E-state index in [2.05, 4.69) is 43.5 Å². The Balaban J connectivity index is 1.88. The number of carbonyl (C=O) groups excluding carboxylic acids is 1. The van der Waals surface area contributed by atoms with Gasteiger partial charge in [0.05, 0.1) is 25.4 Å². The lowest BCUT2D eigenvalue weighted by molar-refractivity contribution is -0.302. The van der Waals surface area contributed by atoms with Crippen molar-refractivity contribution < 1.29 is 39.8 Å². The van der Waals surface area contributed by atoms with E-state index in [-0.39, 0.29) is 12.5 Å². The number of allylic oxidation sites excluding steroid dienone is 5. The number of hydrogen-bond donors (Lipinski definition) is 6. The predicted molar refractivity (Wildman–Crippen MR) is 286 cm³/mol. The van der Waals surface area contributed by atoms with Crippen molar-refractivity contribution in [2.45, 2.75) is 320 Å². The van der Waals surface area contributed by atoms with Crippen LogP contribution in [0.4, 0.5) is 0 Å². The summed E-state index contributed by atoms with van der Waals surface area (Å²) in [7, 11) is 0. The van der Waals surface area contributed by atoms with Gasteiger partial charge in [-0.25, -0.2) is 0 Å². The molecule has 1 aliphatic heterocycles. The minimum atomic E-state index is -1.56. The maximum atomic E-state index is 12.8.